The lowest BCUT2D eigenvalue weighted by atomic mass is 10.5. The molecule has 1 aromatic rings. The molecule has 8 heteroatoms. The highest BCUT2D eigenvalue weighted by molar-refractivity contribution is 7.95. The number of sulfonamides is 1. The zero-order valence-corrected chi connectivity index (χ0v) is 9.11. The Balaban J connectivity index is 2.78. The van der Waals surface area contributed by atoms with Gasteiger partial charge in [-0.25, -0.2) is 17.8 Å². The molecule has 0 bridgehead atoms. The van der Waals surface area contributed by atoms with Crippen LogP contribution < -0.4 is 10.5 Å². The second kappa shape index (κ2) is 4.49. The number of pyridine rings is 1. The lowest BCUT2D eigenvalue weighted by molar-refractivity contribution is 0.604. The average Bonchev–Trinajstić information content (AvgIpc) is 2.06. The van der Waals surface area contributed by atoms with Crippen molar-refractivity contribution in [2.75, 3.05) is 10.5 Å². The molecule has 1 aromatic heterocycles. The number of anilines is 1. The van der Waals surface area contributed by atoms with Crippen LogP contribution in [0.1, 0.15) is 0 Å². The molecular weight excluding hydrogens is 241 g/mol. The predicted molar refractivity (Wildman–Crippen MR) is 58.4 cm³/mol. The smallest absolute Gasteiger partial charge is 0.240 e. The first-order valence-electron chi connectivity index (χ1n) is 3.79. The molecule has 0 aliphatic carbocycles. The number of rotatable bonds is 4. The van der Waals surface area contributed by atoms with Gasteiger partial charge in [0.25, 0.3) is 0 Å². The van der Waals surface area contributed by atoms with Crippen LogP contribution in [0.3, 0.4) is 0 Å². The number of thiocarbonyl (C=S) groups is 1. The van der Waals surface area contributed by atoms with Crippen molar-refractivity contribution in [2.24, 2.45) is 5.73 Å². The Bertz CT molecular complexity index is 458. The maximum Gasteiger partial charge on any atom is 0.240 e. The quantitative estimate of drug-likeness (QED) is 0.747. The molecule has 0 unspecified atom stereocenters. The van der Waals surface area contributed by atoms with Crippen LogP contribution in [-0.4, -0.2) is 24.1 Å². The van der Waals surface area contributed by atoms with E-state index in [0.29, 0.717) is 0 Å². The summed E-state index contributed by atoms with van der Waals surface area (Å²) in [4.78, 5) is 3.37. The van der Waals surface area contributed by atoms with E-state index in [1.54, 1.807) is 0 Å². The highest BCUT2D eigenvalue weighted by Crippen LogP contribution is 2.05. The first-order valence-corrected chi connectivity index (χ1v) is 5.85. The van der Waals surface area contributed by atoms with Crippen molar-refractivity contribution in [3.05, 3.63) is 24.1 Å². The fourth-order valence-electron chi connectivity index (χ4n) is 0.819. The zero-order valence-electron chi connectivity index (χ0n) is 7.47. The molecule has 0 fully saturated rings. The molecule has 0 aromatic carbocycles. The van der Waals surface area contributed by atoms with Gasteiger partial charge in [-0.3, -0.25) is 4.72 Å². The number of halogens is 1. The number of nitrogens with zero attached hydrogens (tertiary/aromatic N) is 1. The molecule has 1 rings (SSSR count). The van der Waals surface area contributed by atoms with Crippen LogP contribution in [-0.2, 0) is 10.0 Å². The van der Waals surface area contributed by atoms with E-state index >= 15 is 0 Å². The molecule has 15 heavy (non-hydrogen) atoms. The van der Waals surface area contributed by atoms with E-state index < -0.39 is 21.6 Å². The minimum atomic E-state index is -3.65. The normalized spacial score (nSPS) is 11.0. The molecule has 0 saturated heterocycles. The van der Waals surface area contributed by atoms with Crippen LogP contribution >= 0.6 is 12.2 Å². The fourth-order valence-corrected chi connectivity index (χ4v) is 2.17. The molecule has 0 radical (unpaired) electrons. The molecular formula is C7H8FN3O2S2. The van der Waals surface area contributed by atoms with Gasteiger partial charge in [0.2, 0.25) is 10.0 Å². The minimum Gasteiger partial charge on any atom is -0.392 e. The van der Waals surface area contributed by atoms with E-state index in [1.165, 1.54) is 6.07 Å². The van der Waals surface area contributed by atoms with Gasteiger partial charge in [-0.15, -0.1) is 0 Å². The summed E-state index contributed by atoms with van der Waals surface area (Å²) in [7, 11) is -3.65. The summed E-state index contributed by atoms with van der Waals surface area (Å²) in [5.41, 5.74) is 5.09. The second-order valence-electron chi connectivity index (χ2n) is 2.69. The van der Waals surface area contributed by atoms with Crippen LogP contribution in [0.25, 0.3) is 0 Å². The van der Waals surface area contributed by atoms with E-state index in [9.17, 15) is 12.8 Å². The van der Waals surface area contributed by atoms with Gasteiger partial charge in [-0.1, -0.05) is 12.2 Å². The average molecular weight is 249 g/mol. The van der Waals surface area contributed by atoms with Gasteiger partial charge in [0.1, 0.15) is 17.4 Å². The Morgan fingerprint density at radius 2 is 2.27 bits per heavy atom. The Morgan fingerprint density at radius 1 is 1.60 bits per heavy atom. The standard InChI is InChI=1S/C7H8FN3O2S2/c8-5-1-2-7(10-3-5)11-15(12,13)4-6(9)14/h1-3H,4H2,(H2,9,14)(H,10,11). The molecule has 0 amide bonds. The summed E-state index contributed by atoms with van der Waals surface area (Å²) < 4.78 is 37.1. The van der Waals surface area contributed by atoms with E-state index in [-0.39, 0.29) is 10.8 Å². The van der Waals surface area contributed by atoms with E-state index in [1.807, 2.05) is 0 Å². The molecule has 0 spiro atoms. The maximum absolute atomic E-state index is 12.4. The van der Waals surface area contributed by atoms with Crippen LogP contribution in [0.2, 0.25) is 0 Å². The largest absolute Gasteiger partial charge is 0.392 e. The molecule has 0 atom stereocenters. The predicted octanol–water partition coefficient (Wildman–Crippen LogP) is 0.248. The topological polar surface area (TPSA) is 85.1 Å². The molecule has 0 aliphatic heterocycles. The Hall–Kier alpha value is -1.28. The van der Waals surface area contributed by atoms with Crippen molar-refractivity contribution in [3.63, 3.8) is 0 Å². The number of nitrogens with one attached hydrogen (secondary N) is 1. The van der Waals surface area contributed by atoms with Crippen molar-refractivity contribution < 1.29 is 12.8 Å². The highest BCUT2D eigenvalue weighted by Gasteiger charge is 2.12. The van der Waals surface area contributed by atoms with Crippen molar-refractivity contribution in [2.45, 2.75) is 0 Å². The van der Waals surface area contributed by atoms with Crippen LogP contribution in [0.15, 0.2) is 18.3 Å². The second-order valence-corrected chi connectivity index (χ2v) is 4.94. The fraction of sp³-hybridized carbons (Fsp3) is 0.143. The summed E-state index contributed by atoms with van der Waals surface area (Å²) in [5, 5.41) is 0. The number of hydrogen-bond donors (Lipinski definition) is 2. The monoisotopic (exact) mass is 249 g/mol. The Labute approximate surface area is 91.6 Å². The number of hydrogen-bond acceptors (Lipinski definition) is 4. The van der Waals surface area contributed by atoms with Gasteiger partial charge in [-0.2, -0.15) is 0 Å². The van der Waals surface area contributed by atoms with E-state index in [0.717, 1.165) is 12.3 Å². The SMILES string of the molecule is NC(=S)CS(=O)(=O)Nc1ccc(F)cn1. The van der Waals surface area contributed by atoms with Crippen molar-refractivity contribution in [1.82, 2.24) is 4.98 Å². The van der Waals surface area contributed by atoms with Gasteiger partial charge < -0.3 is 5.73 Å². The summed E-state index contributed by atoms with van der Waals surface area (Å²) in [5.74, 6) is -0.999. The summed E-state index contributed by atoms with van der Waals surface area (Å²) in [6, 6.07) is 2.29. The summed E-state index contributed by atoms with van der Waals surface area (Å²) in [6.07, 6.45) is 0.901. The lowest BCUT2D eigenvalue weighted by Gasteiger charge is -2.05. The van der Waals surface area contributed by atoms with Gasteiger partial charge in [0, 0.05) is 0 Å². The van der Waals surface area contributed by atoms with Crippen molar-refractivity contribution in [1.29, 1.82) is 0 Å². The van der Waals surface area contributed by atoms with Crippen LogP contribution in [0.4, 0.5) is 10.2 Å². The molecule has 1 heterocycles. The Morgan fingerprint density at radius 3 is 2.73 bits per heavy atom. The number of nitrogens with two attached hydrogens (primary N) is 1. The third-order valence-electron chi connectivity index (χ3n) is 1.32. The molecule has 82 valence electrons. The summed E-state index contributed by atoms with van der Waals surface area (Å²) >= 11 is 4.46. The Kier molecular flexibility index (Phi) is 3.53. The highest BCUT2D eigenvalue weighted by atomic mass is 32.2. The summed E-state index contributed by atoms with van der Waals surface area (Å²) in [6.45, 7) is 0. The van der Waals surface area contributed by atoms with Gasteiger partial charge in [-0.05, 0) is 12.1 Å². The molecule has 0 saturated carbocycles. The number of aromatic nitrogens is 1. The first kappa shape index (κ1) is 11.8. The molecule has 3 N–H and O–H groups in total. The lowest BCUT2D eigenvalue weighted by Crippen LogP contribution is -2.26. The van der Waals surface area contributed by atoms with E-state index in [4.69, 9.17) is 5.73 Å². The molecule has 5 nitrogen and oxygen atoms in total. The third-order valence-corrected chi connectivity index (χ3v) is 2.86. The van der Waals surface area contributed by atoms with Crippen molar-refractivity contribution in [3.8, 4) is 0 Å². The zero-order chi connectivity index (χ0) is 11.5. The molecule has 0 aliphatic rings. The van der Waals surface area contributed by atoms with Crippen LogP contribution in [0.5, 0.6) is 0 Å². The van der Waals surface area contributed by atoms with Crippen molar-refractivity contribution >= 4 is 33.0 Å². The third kappa shape index (κ3) is 4.17. The van der Waals surface area contributed by atoms with Gasteiger partial charge in [0.05, 0.1) is 11.2 Å². The van der Waals surface area contributed by atoms with Crippen LogP contribution in [0, 0.1) is 5.82 Å². The van der Waals surface area contributed by atoms with Gasteiger partial charge >= 0.3 is 0 Å². The van der Waals surface area contributed by atoms with Gasteiger partial charge in [0.15, 0.2) is 0 Å². The minimum absolute atomic E-state index is 0.0210. The first-order chi connectivity index (χ1) is 6.89. The maximum atomic E-state index is 12.4. The van der Waals surface area contributed by atoms with E-state index in [2.05, 4.69) is 21.9 Å².